The molecule has 1 saturated carbocycles. The second kappa shape index (κ2) is 3.32. The Morgan fingerprint density at radius 3 is 2.47 bits per heavy atom. The van der Waals surface area contributed by atoms with Gasteiger partial charge in [-0.05, 0) is 30.4 Å². The van der Waals surface area contributed by atoms with Gasteiger partial charge in [-0.1, -0.05) is 24.3 Å². The van der Waals surface area contributed by atoms with Gasteiger partial charge in [-0.25, -0.2) is 0 Å². The topological polar surface area (TPSA) is 35.2 Å². The van der Waals surface area contributed by atoms with E-state index in [-0.39, 0.29) is 5.54 Å². The zero-order chi connectivity index (χ0) is 10.3. The molecule has 1 aromatic rings. The molecule has 0 spiro atoms. The molecule has 3 rings (SSSR count). The first kappa shape index (κ1) is 9.37. The lowest BCUT2D eigenvalue weighted by Crippen LogP contribution is -2.18. The maximum Gasteiger partial charge on any atom is 0.0535 e. The van der Waals surface area contributed by atoms with Gasteiger partial charge >= 0.3 is 0 Å². The van der Waals surface area contributed by atoms with Crippen molar-refractivity contribution in [3.8, 4) is 0 Å². The van der Waals surface area contributed by atoms with Crippen molar-refractivity contribution in [2.45, 2.75) is 30.7 Å². The Hall–Kier alpha value is -0.860. The zero-order valence-corrected chi connectivity index (χ0v) is 8.91. The van der Waals surface area contributed by atoms with Gasteiger partial charge in [0.05, 0.1) is 6.61 Å². The normalized spacial score (nSPS) is 27.9. The predicted octanol–water partition coefficient (Wildman–Crippen LogP) is 2.14. The maximum atomic E-state index is 6.15. The molecule has 0 radical (unpaired) electrons. The van der Waals surface area contributed by atoms with Crippen LogP contribution >= 0.6 is 0 Å². The summed E-state index contributed by atoms with van der Waals surface area (Å²) in [6.07, 6.45) is 3.44. The van der Waals surface area contributed by atoms with Gasteiger partial charge in [0.1, 0.15) is 0 Å². The van der Waals surface area contributed by atoms with Crippen molar-refractivity contribution in [2.75, 3.05) is 13.2 Å². The highest BCUT2D eigenvalue weighted by atomic mass is 16.5. The first-order valence-electron chi connectivity index (χ1n) is 5.75. The van der Waals surface area contributed by atoms with E-state index in [0.717, 1.165) is 32.5 Å². The van der Waals surface area contributed by atoms with Crippen LogP contribution in [0, 0.1) is 0 Å². The highest BCUT2D eigenvalue weighted by molar-refractivity contribution is 5.33. The molecule has 0 bridgehead atoms. The minimum atomic E-state index is 0.00467. The van der Waals surface area contributed by atoms with Crippen LogP contribution in [0.1, 0.15) is 36.3 Å². The average Bonchev–Trinajstić information content (AvgIpc) is 2.84. The van der Waals surface area contributed by atoms with Crippen molar-refractivity contribution < 1.29 is 4.74 Å². The summed E-state index contributed by atoms with van der Waals surface area (Å²) in [6.45, 7) is 1.79. The van der Waals surface area contributed by atoms with Crippen LogP contribution < -0.4 is 5.73 Å². The Kier molecular flexibility index (Phi) is 2.08. The van der Waals surface area contributed by atoms with E-state index in [0.29, 0.717) is 5.92 Å². The lowest BCUT2D eigenvalue weighted by molar-refractivity contribution is 0.194. The molecule has 2 heteroatoms. The Balaban J connectivity index is 1.81. The van der Waals surface area contributed by atoms with Crippen molar-refractivity contribution in [3.05, 3.63) is 35.4 Å². The number of hydrogen-bond acceptors (Lipinski definition) is 2. The standard InChI is InChI=1S/C13H17NO/c14-13(6-7-13)12-3-1-10(2-4-12)11-5-8-15-9-11/h1-4,11H,5-9,14H2. The summed E-state index contributed by atoms with van der Waals surface area (Å²) in [7, 11) is 0. The molecule has 1 aromatic carbocycles. The largest absolute Gasteiger partial charge is 0.381 e. The molecule has 1 heterocycles. The number of nitrogens with two attached hydrogens (primary N) is 1. The van der Waals surface area contributed by atoms with Crippen LogP contribution in [-0.4, -0.2) is 13.2 Å². The van der Waals surface area contributed by atoms with Gasteiger partial charge in [-0.2, -0.15) is 0 Å². The third-order valence-corrected chi connectivity index (χ3v) is 3.68. The number of ether oxygens (including phenoxy) is 1. The van der Waals surface area contributed by atoms with Gasteiger partial charge in [-0.15, -0.1) is 0 Å². The molecule has 1 saturated heterocycles. The molecule has 0 amide bonds. The van der Waals surface area contributed by atoms with Crippen molar-refractivity contribution in [1.29, 1.82) is 0 Å². The second-order valence-corrected chi connectivity index (χ2v) is 4.84. The van der Waals surface area contributed by atoms with Crippen molar-refractivity contribution in [2.24, 2.45) is 5.73 Å². The highest BCUT2D eigenvalue weighted by Crippen LogP contribution is 2.42. The van der Waals surface area contributed by atoms with Crippen LogP contribution in [0.5, 0.6) is 0 Å². The number of hydrogen-bond donors (Lipinski definition) is 1. The van der Waals surface area contributed by atoms with Gasteiger partial charge in [0, 0.05) is 18.1 Å². The van der Waals surface area contributed by atoms with Crippen LogP contribution in [0.3, 0.4) is 0 Å². The van der Waals surface area contributed by atoms with E-state index in [2.05, 4.69) is 24.3 Å². The molecule has 1 atom stereocenters. The van der Waals surface area contributed by atoms with Crippen molar-refractivity contribution >= 4 is 0 Å². The van der Waals surface area contributed by atoms with Gasteiger partial charge in [0.15, 0.2) is 0 Å². The quantitative estimate of drug-likeness (QED) is 0.799. The van der Waals surface area contributed by atoms with E-state index in [1.807, 2.05) is 0 Å². The van der Waals surface area contributed by atoms with Crippen molar-refractivity contribution in [3.63, 3.8) is 0 Å². The second-order valence-electron chi connectivity index (χ2n) is 4.84. The third kappa shape index (κ3) is 1.68. The molecule has 2 fully saturated rings. The van der Waals surface area contributed by atoms with Gasteiger partial charge in [0.2, 0.25) is 0 Å². The van der Waals surface area contributed by atoms with Crippen LogP contribution in [0.2, 0.25) is 0 Å². The van der Waals surface area contributed by atoms with Crippen LogP contribution in [0.15, 0.2) is 24.3 Å². The Morgan fingerprint density at radius 1 is 1.20 bits per heavy atom. The van der Waals surface area contributed by atoms with Crippen LogP contribution in [0.4, 0.5) is 0 Å². The molecular weight excluding hydrogens is 186 g/mol. The van der Waals surface area contributed by atoms with Crippen LogP contribution in [0.25, 0.3) is 0 Å². The predicted molar refractivity (Wildman–Crippen MR) is 59.7 cm³/mol. The molecular formula is C13H17NO. The average molecular weight is 203 g/mol. The van der Waals surface area contributed by atoms with E-state index >= 15 is 0 Å². The third-order valence-electron chi connectivity index (χ3n) is 3.68. The monoisotopic (exact) mass is 203 g/mol. The molecule has 1 unspecified atom stereocenters. The van der Waals surface area contributed by atoms with Crippen molar-refractivity contribution in [1.82, 2.24) is 0 Å². The summed E-state index contributed by atoms with van der Waals surface area (Å²) >= 11 is 0. The summed E-state index contributed by atoms with van der Waals surface area (Å²) in [5.74, 6) is 0.604. The molecule has 0 aromatic heterocycles. The van der Waals surface area contributed by atoms with E-state index in [1.165, 1.54) is 11.1 Å². The highest BCUT2D eigenvalue weighted by Gasteiger charge is 2.39. The summed E-state index contributed by atoms with van der Waals surface area (Å²) < 4.78 is 5.40. The molecule has 2 N–H and O–H groups in total. The molecule has 2 aliphatic rings. The minimum absolute atomic E-state index is 0.00467. The molecule has 15 heavy (non-hydrogen) atoms. The number of rotatable bonds is 2. The lowest BCUT2D eigenvalue weighted by Gasteiger charge is -2.12. The van der Waals surface area contributed by atoms with E-state index < -0.39 is 0 Å². The van der Waals surface area contributed by atoms with Gasteiger partial charge in [0.25, 0.3) is 0 Å². The van der Waals surface area contributed by atoms with Gasteiger partial charge < -0.3 is 10.5 Å². The summed E-state index contributed by atoms with van der Waals surface area (Å²) in [4.78, 5) is 0. The fraction of sp³-hybridized carbons (Fsp3) is 0.538. The first-order chi connectivity index (χ1) is 7.28. The Morgan fingerprint density at radius 2 is 1.93 bits per heavy atom. The van der Waals surface area contributed by atoms with E-state index in [9.17, 15) is 0 Å². The van der Waals surface area contributed by atoms with E-state index in [1.54, 1.807) is 0 Å². The molecule has 1 aliphatic heterocycles. The Bertz CT molecular complexity index is 347. The fourth-order valence-electron chi connectivity index (χ4n) is 2.31. The molecule has 1 aliphatic carbocycles. The first-order valence-corrected chi connectivity index (χ1v) is 5.75. The molecule has 80 valence electrons. The Labute approximate surface area is 90.4 Å². The van der Waals surface area contributed by atoms with Crippen LogP contribution in [-0.2, 0) is 10.3 Å². The van der Waals surface area contributed by atoms with Gasteiger partial charge in [-0.3, -0.25) is 0 Å². The zero-order valence-electron chi connectivity index (χ0n) is 8.91. The summed E-state index contributed by atoms with van der Waals surface area (Å²) in [5.41, 5.74) is 8.85. The SMILES string of the molecule is NC1(c2ccc(C3CCOC3)cc2)CC1. The fourth-order valence-corrected chi connectivity index (χ4v) is 2.31. The van der Waals surface area contributed by atoms with E-state index in [4.69, 9.17) is 10.5 Å². The summed E-state index contributed by atoms with van der Waals surface area (Å²) in [5, 5.41) is 0. The lowest BCUT2D eigenvalue weighted by atomic mass is 9.95. The minimum Gasteiger partial charge on any atom is -0.381 e. The summed E-state index contributed by atoms with van der Waals surface area (Å²) in [6, 6.07) is 8.84. The number of benzene rings is 1. The smallest absolute Gasteiger partial charge is 0.0535 e. The maximum absolute atomic E-state index is 6.15. The molecule has 2 nitrogen and oxygen atoms in total.